The molecule has 0 spiro atoms. The van der Waals surface area contributed by atoms with E-state index in [9.17, 15) is 23.9 Å². The predicted octanol–water partition coefficient (Wildman–Crippen LogP) is 2.77. The molecule has 3 aromatic heterocycles. The fourth-order valence-electron chi connectivity index (χ4n) is 4.34. The number of aliphatic hydroxyl groups excluding tert-OH is 1. The third kappa shape index (κ3) is 4.71. The fourth-order valence-corrected chi connectivity index (χ4v) is 4.34. The highest BCUT2D eigenvalue weighted by molar-refractivity contribution is 5.94. The molecule has 202 valence electrons. The molecule has 1 aliphatic rings. The summed E-state index contributed by atoms with van der Waals surface area (Å²) >= 11 is 0. The van der Waals surface area contributed by atoms with Gasteiger partial charge in [0, 0.05) is 36.0 Å². The number of nitrogens with one attached hydrogen (secondary N) is 1. The molecule has 0 radical (unpaired) electrons. The summed E-state index contributed by atoms with van der Waals surface area (Å²) in [5.74, 6) is -2.54. The Morgan fingerprint density at radius 2 is 1.95 bits per heavy atom. The Kier molecular flexibility index (Phi) is 6.37. The average Bonchev–Trinajstić information content (AvgIpc) is 3.62. The number of aryl methyl sites for hydroxylation is 1. The van der Waals surface area contributed by atoms with Crippen LogP contribution in [0.5, 0.6) is 0 Å². The Balaban J connectivity index is 1.63. The van der Waals surface area contributed by atoms with Gasteiger partial charge in [-0.2, -0.15) is 9.78 Å². The van der Waals surface area contributed by atoms with Crippen molar-refractivity contribution in [1.29, 1.82) is 0 Å². The summed E-state index contributed by atoms with van der Waals surface area (Å²) in [6, 6.07) is 4.54. The second-order valence-electron chi connectivity index (χ2n) is 10.6. The summed E-state index contributed by atoms with van der Waals surface area (Å²) in [5.41, 5.74) is -0.431. The molecule has 2 atom stereocenters. The zero-order valence-corrected chi connectivity index (χ0v) is 21.7. The van der Waals surface area contributed by atoms with Crippen LogP contribution in [0.4, 0.5) is 14.6 Å². The van der Waals surface area contributed by atoms with Crippen LogP contribution in [0, 0.1) is 11.7 Å². The third-order valence-electron chi connectivity index (χ3n) is 6.74. The van der Waals surface area contributed by atoms with Gasteiger partial charge in [0.2, 0.25) is 5.91 Å². The number of pyridine rings is 1. The molecule has 0 bridgehead atoms. The number of anilines is 1. The molecule has 1 fully saturated rings. The van der Waals surface area contributed by atoms with Gasteiger partial charge in [0.1, 0.15) is 12.0 Å². The first-order chi connectivity index (χ1) is 18.4. The van der Waals surface area contributed by atoms with Gasteiger partial charge in [-0.3, -0.25) is 14.4 Å². The number of nitrogens with zero attached hydrogens (tertiary/aromatic N) is 5. The van der Waals surface area contributed by atoms with Crippen LogP contribution in [0.2, 0.25) is 0 Å². The molecule has 0 aliphatic heterocycles. The second-order valence-corrected chi connectivity index (χ2v) is 10.6. The van der Waals surface area contributed by atoms with Crippen LogP contribution in [-0.2, 0) is 23.9 Å². The number of benzene rings is 1. The molecule has 5 rings (SSSR count). The molecule has 12 heteroatoms. The van der Waals surface area contributed by atoms with Crippen molar-refractivity contribution in [2.24, 2.45) is 13.0 Å². The highest BCUT2D eigenvalue weighted by Gasteiger charge is 2.44. The van der Waals surface area contributed by atoms with E-state index in [-0.39, 0.29) is 40.1 Å². The van der Waals surface area contributed by atoms with Crippen LogP contribution in [0.1, 0.15) is 38.3 Å². The summed E-state index contributed by atoms with van der Waals surface area (Å²) in [6.07, 6.45) is 2.93. The molecule has 1 aromatic carbocycles. The molecular weight excluding hydrogens is 510 g/mol. The normalized spacial score (nSPS) is 16.9. The van der Waals surface area contributed by atoms with Gasteiger partial charge in [-0.25, -0.2) is 18.7 Å². The number of aliphatic hydroxyl groups is 1. The number of carbonyl (C=O) groups is 1. The van der Waals surface area contributed by atoms with E-state index in [0.717, 1.165) is 4.68 Å². The molecule has 0 unspecified atom stereocenters. The van der Waals surface area contributed by atoms with E-state index in [0.29, 0.717) is 16.5 Å². The number of hydrogen-bond acceptors (Lipinski definition) is 7. The Morgan fingerprint density at radius 1 is 1.23 bits per heavy atom. The minimum absolute atomic E-state index is 0.0549. The number of aromatic nitrogens is 5. The number of carbonyl (C=O) groups excluding carboxylic acids is 1. The maximum absolute atomic E-state index is 15.2. The van der Waals surface area contributed by atoms with E-state index in [4.69, 9.17) is 0 Å². The number of rotatable bonds is 5. The van der Waals surface area contributed by atoms with Crippen molar-refractivity contribution in [3.05, 3.63) is 74.4 Å². The van der Waals surface area contributed by atoms with Crippen LogP contribution in [-0.4, -0.2) is 41.5 Å². The standard InChI is InChI=1S/C27H26F2N6O4/c1-27(2,3)14-7-13-10-31-35(25(38)21(13)19(29)8-14)23-17(12-36)15(5-6-30-23)20-11-34(4)26(39)22(32-20)33-24(37)16-9-18(16)28/h5-8,10-11,16,18,36H,9,12H2,1-4H3,(H,32,33,37)/t16-,18+/m1/s1. The molecule has 10 nitrogen and oxygen atoms in total. The highest BCUT2D eigenvalue weighted by atomic mass is 19.1. The first-order valence-electron chi connectivity index (χ1n) is 12.2. The number of alkyl halides is 1. The van der Waals surface area contributed by atoms with Gasteiger partial charge in [0.15, 0.2) is 11.6 Å². The van der Waals surface area contributed by atoms with Crippen LogP contribution in [0.3, 0.4) is 0 Å². The van der Waals surface area contributed by atoms with Gasteiger partial charge in [0.05, 0.1) is 29.8 Å². The fraction of sp³-hybridized carbons (Fsp3) is 0.333. The van der Waals surface area contributed by atoms with Crippen molar-refractivity contribution in [1.82, 2.24) is 24.3 Å². The van der Waals surface area contributed by atoms with Crippen LogP contribution in [0.25, 0.3) is 27.8 Å². The number of amides is 1. The summed E-state index contributed by atoms with van der Waals surface area (Å²) in [5, 5.41) is 17.0. The van der Waals surface area contributed by atoms with Crippen LogP contribution in [0.15, 0.2) is 46.4 Å². The maximum Gasteiger partial charge on any atom is 0.293 e. The van der Waals surface area contributed by atoms with Crippen molar-refractivity contribution in [3.8, 4) is 17.1 Å². The molecular formula is C27H26F2N6O4. The zero-order chi connectivity index (χ0) is 28.2. The van der Waals surface area contributed by atoms with E-state index in [1.807, 2.05) is 20.8 Å². The van der Waals surface area contributed by atoms with Crippen molar-refractivity contribution in [2.75, 3.05) is 5.32 Å². The average molecular weight is 537 g/mol. The Bertz CT molecular complexity index is 1760. The molecule has 1 amide bonds. The summed E-state index contributed by atoms with van der Waals surface area (Å²) < 4.78 is 30.6. The van der Waals surface area contributed by atoms with Crippen molar-refractivity contribution in [3.63, 3.8) is 0 Å². The van der Waals surface area contributed by atoms with Gasteiger partial charge in [0.25, 0.3) is 11.1 Å². The van der Waals surface area contributed by atoms with Gasteiger partial charge in [-0.15, -0.1) is 0 Å². The van der Waals surface area contributed by atoms with Crippen LogP contribution >= 0.6 is 0 Å². The van der Waals surface area contributed by atoms with Crippen molar-refractivity contribution < 1.29 is 18.7 Å². The first kappa shape index (κ1) is 26.3. The minimum Gasteiger partial charge on any atom is -0.392 e. The number of hydrogen-bond donors (Lipinski definition) is 2. The van der Waals surface area contributed by atoms with Gasteiger partial charge >= 0.3 is 0 Å². The quantitative estimate of drug-likeness (QED) is 0.401. The summed E-state index contributed by atoms with van der Waals surface area (Å²) in [7, 11) is 1.45. The molecule has 2 N–H and O–H groups in total. The molecule has 39 heavy (non-hydrogen) atoms. The van der Waals surface area contributed by atoms with Gasteiger partial charge < -0.3 is 15.0 Å². The van der Waals surface area contributed by atoms with E-state index in [1.54, 1.807) is 6.07 Å². The molecule has 1 saturated carbocycles. The topological polar surface area (TPSA) is 132 Å². The molecule has 4 aromatic rings. The lowest BCUT2D eigenvalue weighted by Gasteiger charge is -2.20. The summed E-state index contributed by atoms with van der Waals surface area (Å²) in [6.45, 7) is 5.19. The lowest BCUT2D eigenvalue weighted by Crippen LogP contribution is -2.27. The summed E-state index contributed by atoms with van der Waals surface area (Å²) in [4.78, 5) is 46.7. The van der Waals surface area contributed by atoms with Crippen molar-refractivity contribution >= 4 is 22.5 Å². The molecule has 1 aliphatic carbocycles. The zero-order valence-electron chi connectivity index (χ0n) is 21.7. The Labute approximate surface area is 221 Å². The second kappa shape index (κ2) is 9.45. The molecule has 3 heterocycles. The van der Waals surface area contributed by atoms with Crippen molar-refractivity contribution in [2.45, 2.75) is 45.4 Å². The predicted molar refractivity (Wildman–Crippen MR) is 140 cm³/mol. The monoisotopic (exact) mass is 536 g/mol. The van der Waals surface area contributed by atoms with Gasteiger partial charge in [-0.1, -0.05) is 20.8 Å². The number of halogens is 2. The third-order valence-corrected chi connectivity index (χ3v) is 6.74. The molecule has 0 saturated heterocycles. The van der Waals surface area contributed by atoms with E-state index in [2.05, 4.69) is 20.4 Å². The lowest BCUT2D eigenvalue weighted by molar-refractivity contribution is -0.117. The highest BCUT2D eigenvalue weighted by Crippen LogP contribution is 2.34. The lowest BCUT2D eigenvalue weighted by atomic mass is 9.86. The Hall–Kier alpha value is -4.32. The Morgan fingerprint density at radius 3 is 2.59 bits per heavy atom. The maximum atomic E-state index is 15.2. The largest absolute Gasteiger partial charge is 0.392 e. The first-order valence-corrected chi connectivity index (χ1v) is 12.2. The van der Waals surface area contributed by atoms with E-state index < -0.39 is 41.5 Å². The number of fused-ring (bicyclic) bond motifs is 1. The van der Waals surface area contributed by atoms with Crippen LogP contribution < -0.4 is 16.4 Å². The van der Waals surface area contributed by atoms with E-state index in [1.165, 1.54) is 42.3 Å². The smallest absolute Gasteiger partial charge is 0.293 e. The van der Waals surface area contributed by atoms with E-state index >= 15 is 4.39 Å². The SMILES string of the molecule is Cn1cc(-c2ccnc(-n3ncc4cc(C(C)(C)C)cc(F)c4c3=O)c2CO)nc(NC(=O)[C@@H]2C[C@@H]2F)c1=O. The minimum atomic E-state index is -1.25. The van der Waals surface area contributed by atoms with Gasteiger partial charge in [-0.05, 0) is 35.6 Å².